The molecule has 0 amide bonds. The highest BCUT2D eigenvalue weighted by molar-refractivity contribution is 5.34. The zero-order valence-electron chi connectivity index (χ0n) is 10.6. The summed E-state index contributed by atoms with van der Waals surface area (Å²) >= 11 is 0. The molecule has 0 spiro atoms. The lowest BCUT2D eigenvalue weighted by Crippen LogP contribution is -2.03. The van der Waals surface area contributed by atoms with Gasteiger partial charge in [0.25, 0.3) is 0 Å². The van der Waals surface area contributed by atoms with Crippen LogP contribution in [0.25, 0.3) is 0 Å². The molecule has 0 fully saturated rings. The number of nitriles is 1. The number of nitrogens with one attached hydrogen (secondary N) is 1. The largest absolute Gasteiger partial charge is 0.487 e. The molecule has 1 heterocycles. The summed E-state index contributed by atoms with van der Waals surface area (Å²) in [6.07, 6.45) is 3.36. The van der Waals surface area contributed by atoms with Crippen molar-refractivity contribution in [2.75, 3.05) is 11.9 Å². The molecule has 5 heteroatoms. The number of nitrogens with zero attached hydrogens (tertiary/aromatic N) is 3. The second kappa shape index (κ2) is 6.36. The van der Waals surface area contributed by atoms with E-state index in [1.807, 2.05) is 6.92 Å². The highest BCUT2D eigenvalue weighted by atomic mass is 16.5. The van der Waals surface area contributed by atoms with Gasteiger partial charge in [-0.1, -0.05) is 0 Å². The van der Waals surface area contributed by atoms with Gasteiger partial charge in [0.15, 0.2) is 0 Å². The molecule has 0 aliphatic rings. The van der Waals surface area contributed by atoms with E-state index in [0.29, 0.717) is 17.9 Å². The van der Waals surface area contributed by atoms with Crippen molar-refractivity contribution < 1.29 is 4.74 Å². The van der Waals surface area contributed by atoms with Gasteiger partial charge in [0.05, 0.1) is 29.7 Å². The predicted molar refractivity (Wildman–Crippen MR) is 71.7 cm³/mol. The van der Waals surface area contributed by atoms with E-state index in [-0.39, 0.29) is 0 Å². The van der Waals surface area contributed by atoms with Gasteiger partial charge in [0.2, 0.25) is 0 Å². The van der Waals surface area contributed by atoms with E-state index >= 15 is 0 Å². The zero-order chi connectivity index (χ0) is 13.5. The van der Waals surface area contributed by atoms with E-state index in [1.54, 1.807) is 36.7 Å². The van der Waals surface area contributed by atoms with Crippen molar-refractivity contribution in [3.63, 3.8) is 0 Å². The molecule has 19 heavy (non-hydrogen) atoms. The lowest BCUT2D eigenvalue weighted by molar-refractivity contribution is 0.301. The Kier molecular flexibility index (Phi) is 4.29. The zero-order valence-corrected chi connectivity index (χ0v) is 10.6. The van der Waals surface area contributed by atoms with E-state index in [4.69, 9.17) is 10.00 Å². The molecule has 0 saturated heterocycles. The maximum Gasteiger partial charge on any atom is 0.144 e. The summed E-state index contributed by atoms with van der Waals surface area (Å²) in [5.41, 5.74) is 1.37. The summed E-state index contributed by atoms with van der Waals surface area (Å²) in [7, 11) is 0. The van der Waals surface area contributed by atoms with Gasteiger partial charge < -0.3 is 10.1 Å². The molecule has 0 aliphatic carbocycles. The van der Waals surface area contributed by atoms with Crippen molar-refractivity contribution in [3.05, 3.63) is 47.9 Å². The van der Waals surface area contributed by atoms with Crippen LogP contribution >= 0.6 is 0 Å². The Hall–Kier alpha value is -2.61. The van der Waals surface area contributed by atoms with Crippen LogP contribution in [0.1, 0.15) is 18.2 Å². The lowest BCUT2D eigenvalue weighted by atomic mass is 10.2. The predicted octanol–water partition coefficient (Wildman–Crippen LogP) is 2.36. The highest BCUT2D eigenvalue weighted by Crippen LogP contribution is 2.13. The summed E-state index contributed by atoms with van der Waals surface area (Å²) < 4.78 is 5.56. The molecule has 5 nitrogen and oxygen atoms in total. The van der Waals surface area contributed by atoms with Crippen LogP contribution in [0.15, 0.2) is 36.7 Å². The van der Waals surface area contributed by atoms with Crippen LogP contribution in [0, 0.1) is 11.3 Å². The molecule has 0 aliphatic heterocycles. The summed E-state index contributed by atoms with van der Waals surface area (Å²) in [4.78, 5) is 8.46. The summed E-state index contributed by atoms with van der Waals surface area (Å²) in [6.45, 7) is 3.17. The van der Waals surface area contributed by atoms with Gasteiger partial charge in [-0.2, -0.15) is 5.26 Å². The normalized spacial score (nSPS) is 9.68. The van der Waals surface area contributed by atoms with Gasteiger partial charge in [0.1, 0.15) is 18.2 Å². The van der Waals surface area contributed by atoms with E-state index in [2.05, 4.69) is 21.4 Å². The van der Waals surface area contributed by atoms with Crippen molar-refractivity contribution in [3.8, 4) is 11.8 Å². The molecule has 0 saturated carbocycles. The van der Waals surface area contributed by atoms with Crippen LogP contribution in [0.3, 0.4) is 0 Å². The van der Waals surface area contributed by atoms with Gasteiger partial charge in [0, 0.05) is 6.54 Å². The second-order valence-corrected chi connectivity index (χ2v) is 3.85. The third kappa shape index (κ3) is 3.68. The molecule has 1 aromatic carbocycles. The number of benzene rings is 1. The first-order valence-corrected chi connectivity index (χ1v) is 5.99. The maximum atomic E-state index is 8.69. The summed E-state index contributed by atoms with van der Waals surface area (Å²) in [5.74, 6) is 1.46. The van der Waals surface area contributed by atoms with Crippen molar-refractivity contribution in [2.45, 2.75) is 13.5 Å². The number of rotatable bonds is 5. The molecule has 0 atom stereocenters. The third-order valence-electron chi connectivity index (χ3n) is 2.43. The van der Waals surface area contributed by atoms with Crippen molar-refractivity contribution in [1.29, 1.82) is 5.26 Å². The number of hydrogen-bond acceptors (Lipinski definition) is 5. The molecule has 1 aromatic heterocycles. The van der Waals surface area contributed by atoms with Crippen LogP contribution in [-0.4, -0.2) is 16.5 Å². The summed E-state index contributed by atoms with van der Waals surface area (Å²) in [5, 5.41) is 11.8. The van der Waals surface area contributed by atoms with Crippen LogP contribution in [-0.2, 0) is 6.61 Å². The van der Waals surface area contributed by atoms with Crippen molar-refractivity contribution >= 4 is 5.82 Å². The Morgan fingerprint density at radius 1 is 1.21 bits per heavy atom. The van der Waals surface area contributed by atoms with E-state index < -0.39 is 0 Å². The molecule has 2 aromatic rings. The number of anilines is 1. The molecular formula is C14H14N4O. The Balaban J connectivity index is 1.92. The monoisotopic (exact) mass is 254 g/mol. The van der Waals surface area contributed by atoms with Crippen LogP contribution in [0.2, 0.25) is 0 Å². The Morgan fingerprint density at radius 2 is 2.00 bits per heavy atom. The average Bonchev–Trinajstić information content (AvgIpc) is 2.47. The van der Waals surface area contributed by atoms with Gasteiger partial charge in [-0.25, -0.2) is 4.98 Å². The Labute approximate surface area is 111 Å². The third-order valence-corrected chi connectivity index (χ3v) is 2.43. The maximum absolute atomic E-state index is 8.69. The smallest absolute Gasteiger partial charge is 0.144 e. The quantitative estimate of drug-likeness (QED) is 0.886. The highest BCUT2D eigenvalue weighted by Gasteiger charge is 1.99. The first-order valence-electron chi connectivity index (χ1n) is 5.99. The number of hydrogen-bond donors (Lipinski definition) is 1. The van der Waals surface area contributed by atoms with E-state index in [9.17, 15) is 0 Å². The van der Waals surface area contributed by atoms with Crippen LogP contribution in [0.5, 0.6) is 5.75 Å². The minimum absolute atomic E-state index is 0.352. The first kappa shape index (κ1) is 12.8. The van der Waals surface area contributed by atoms with Crippen molar-refractivity contribution in [2.24, 2.45) is 0 Å². The SMILES string of the molecule is CCNc1cnc(COc2ccc(C#N)cc2)cn1. The minimum atomic E-state index is 0.352. The number of aromatic nitrogens is 2. The van der Waals surface area contributed by atoms with Crippen LogP contribution < -0.4 is 10.1 Å². The molecule has 1 N–H and O–H groups in total. The second-order valence-electron chi connectivity index (χ2n) is 3.85. The molecule has 2 rings (SSSR count). The van der Waals surface area contributed by atoms with E-state index in [0.717, 1.165) is 18.1 Å². The van der Waals surface area contributed by atoms with Gasteiger partial charge >= 0.3 is 0 Å². The molecular weight excluding hydrogens is 240 g/mol. The molecule has 96 valence electrons. The van der Waals surface area contributed by atoms with Gasteiger partial charge in [-0.05, 0) is 31.2 Å². The fourth-order valence-corrected chi connectivity index (χ4v) is 1.48. The van der Waals surface area contributed by atoms with Gasteiger partial charge in [-0.3, -0.25) is 4.98 Å². The fraction of sp³-hybridized carbons (Fsp3) is 0.214. The molecule has 0 bridgehead atoms. The number of ether oxygens (including phenoxy) is 1. The Bertz CT molecular complexity index is 557. The minimum Gasteiger partial charge on any atom is -0.487 e. The topological polar surface area (TPSA) is 70.8 Å². The van der Waals surface area contributed by atoms with Crippen molar-refractivity contribution in [1.82, 2.24) is 9.97 Å². The average molecular weight is 254 g/mol. The fourth-order valence-electron chi connectivity index (χ4n) is 1.48. The lowest BCUT2D eigenvalue weighted by Gasteiger charge is -2.06. The molecule has 0 unspecified atom stereocenters. The van der Waals surface area contributed by atoms with Gasteiger partial charge in [-0.15, -0.1) is 0 Å². The van der Waals surface area contributed by atoms with Crippen LogP contribution in [0.4, 0.5) is 5.82 Å². The Morgan fingerprint density at radius 3 is 2.58 bits per heavy atom. The van der Waals surface area contributed by atoms with E-state index in [1.165, 1.54) is 0 Å². The summed E-state index contributed by atoms with van der Waals surface area (Å²) in [6, 6.07) is 9.02. The standard InChI is InChI=1S/C14H14N4O/c1-2-16-14-9-17-12(8-18-14)10-19-13-5-3-11(7-15)4-6-13/h3-6,8-9H,2,10H2,1H3,(H,16,18). The molecule has 0 radical (unpaired) electrons. The first-order chi connectivity index (χ1) is 9.31.